The molecule has 1 aromatic rings. The smallest absolute Gasteiger partial charge is 0.358 e. The van der Waals surface area contributed by atoms with Gasteiger partial charge >= 0.3 is 11.6 Å². The molecule has 92 valence electrons. The number of likely N-dealkylation sites (N-methyl/N-ethyl adjacent to an activating group) is 1. The van der Waals surface area contributed by atoms with Crippen molar-refractivity contribution >= 4 is 12.0 Å². The van der Waals surface area contributed by atoms with Gasteiger partial charge in [-0.1, -0.05) is 30.3 Å². The Bertz CT molecular complexity index is 561. The molecule has 1 aliphatic heterocycles. The summed E-state index contributed by atoms with van der Waals surface area (Å²) in [5.74, 6) is -0.702. The Morgan fingerprint density at radius 2 is 2.00 bits per heavy atom. The summed E-state index contributed by atoms with van der Waals surface area (Å²) in [6.45, 7) is 0. The van der Waals surface area contributed by atoms with Crippen LogP contribution in [0.5, 0.6) is 0 Å². The minimum atomic E-state index is -0.702. The van der Waals surface area contributed by atoms with Crippen LogP contribution in [0.1, 0.15) is 5.56 Å². The topological polar surface area (TPSA) is 84.3 Å². The predicted molar refractivity (Wildman–Crippen MR) is 65.6 cm³/mol. The summed E-state index contributed by atoms with van der Waals surface area (Å²) in [7, 11) is 1.54. The molecule has 0 fully saturated rings. The number of rotatable bonds is 3. The largest absolute Gasteiger partial charge is 0.381 e. The van der Waals surface area contributed by atoms with E-state index in [9.17, 15) is 14.9 Å². The van der Waals surface area contributed by atoms with E-state index in [-0.39, 0.29) is 5.70 Å². The normalized spacial score (nSPS) is 16.9. The minimum absolute atomic E-state index is 0.203. The number of carbonyl (C=O) groups is 1. The van der Waals surface area contributed by atoms with E-state index in [2.05, 4.69) is 10.6 Å². The maximum absolute atomic E-state index is 11.5. The molecule has 2 rings (SSSR count). The van der Waals surface area contributed by atoms with Gasteiger partial charge in [0, 0.05) is 7.05 Å². The van der Waals surface area contributed by atoms with Gasteiger partial charge in [-0.25, -0.2) is 0 Å². The summed E-state index contributed by atoms with van der Waals surface area (Å²) < 4.78 is 0. The van der Waals surface area contributed by atoms with Crippen LogP contribution in [-0.2, 0) is 4.79 Å². The van der Waals surface area contributed by atoms with Gasteiger partial charge in [-0.15, -0.1) is 0 Å². The summed E-state index contributed by atoms with van der Waals surface area (Å²) in [6.07, 6.45) is 1.68. The fourth-order valence-corrected chi connectivity index (χ4v) is 1.74. The van der Waals surface area contributed by atoms with Crippen molar-refractivity contribution in [3.05, 3.63) is 63.1 Å². The standard InChI is InChI=1S/C12H11N3O3/c1-13-10-9(7-8-5-3-2-4-6-8)14-12(16)11(10)15(17)18/h2-7,13H,1H3,(H,14,16). The zero-order valence-electron chi connectivity index (χ0n) is 9.64. The number of hydrogen-bond donors (Lipinski definition) is 2. The zero-order valence-corrected chi connectivity index (χ0v) is 9.64. The number of nitrogens with zero attached hydrogens (tertiary/aromatic N) is 1. The molecule has 0 saturated heterocycles. The lowest BCUT2D eigenvalue weighted by Crippen LogP contribution is -2.19. The maximum atomic E-state index is 11.5. The van der Waals surface area contributed by atoms with Gasteiger partial charge < -0.3 is 10.6 Å². The Balaban J connectivity index is 2.45. The zero-order chi connectivity index (χ0) is 13.1. The monoisotopic (exact) mass is 245 g/mol. The summed E-state index contributed by atoms with van der Waals surface area (Å²) in [5, 5.41) is 16.0. The summed E-state index contributed by atoms with van der Waals surface area (Å²) in [5.41, 5.74) is 0.999. The van der Waals surface area contributed by atoms with E-state index in [0.29, 0.717) is 5.70 Å². The molecule has 0 aromatic heterocycles. The third-order valence-corrected chi connectivity index (χ3v) is 2.51. The Hall–Kier alpha value is -2.63. The van der Waals surface area contributed by atoms with Crippen molar-refractivity contribution in [3.63, 3.8) is 0 Å². The van der Waals surface area contributed by atoms with Crippen LogP contribution in [0, 0.1) is 10.1 Å². The molecule has 2 N–H and O–H groups in total. The number of carbonyl (C=O) groups excluding carboxylic acids is 1. The van der Waals surface area contributed by atoms with Gasteiger partial charge in [0.15, 0.2) is 0 Å². The first-order valence-corrected chi connectivity index (χ1v) is 5.28. The second kappa shape index (κ2) is 4.70. The third-order valence-electron chi connectivity index (χ3n) is 2.51. The molecule has 0 radical (unpaired) electrons. The summed E-state index contributed by atoms with van der Waals surface area (Å²) in [4.78, 5) is 21.6. The van der Waals surface area contributed by atoms with Crippen molar-refractivity contribution in [3.8, 4) is 0 Å². The van der Waals surface area contributed by atoms with Gasteiger partial charge in [-0.3, -0.25) is 14.9 Å². The number of nitro groups is 1. The molecule has 0 bridgehead atoms. The Labute approximate surface area is 103 Å². The van der Waals surface area contributed by atoms with E-state index in [1.165, 1.54) is 7.05 Å². The SMILES string of the molecule is CNC1=C([N+](=O)[O-])C(=O)NC1=Cc1ccccc1. The van der Waals surface area contributed by atoms with Crippen LogP contribution in [-0.4, -0.2) is 17.9 Å². The fourth-order valence-electron chi connectivity index (χ4n) is 1.74. The van der Waals surface area contributed by atoms with Gasteiger partial charge in [0.25, 0.3) is 0 Å². The van der Waals surface area contributed by atoms with E-state index >= 15 is 0 Å². The third kappa shape index (κ3) is 2.08. The highest BCUT2D eigenvalue weighted by molar-refractivity contribution is 5.99. The Morgan fingerprint density at radius 1 is 1.33 bits per heavy atom. The molecule has 18 heavy (non-hydrogen) atoms. The molecule has 1 aromatic carbocycles. The van der Waals surface area contributed by atoms with Crippen molar-refractivity contribution in [1.29, 1.82) is 0 Å². The lowest BCUT2D eigenvalue weighted by molar-refractivity contribution is -0.419. The first-order chi connectivity index (χ1) is 8.63. The van der Waals surface area contributed by atoms with Crippen LogP contribution >= 0.6 is 0 Å². The number of hydrogen-bond acceptors (Lipinski definition) is 4. The van der Waals surface area contributed by atoms with Crippen LogP contribution in [0.2, 0.25) is 0 Å². The first-order valence-electron chi connectivity index (χ1n) is 5.28. The number of amides is 1. The van der Waals surface area contributed by atoms with Crippen molar-refractivity contribution in [2.75, 3.05) is 7.05 Å². The average molecular weight is 245 g/mol. The van der Waals surface area contributed by atoms with Gasteiger partial charge in [0.05, 0.1) is 10.6 Å². The van der Waals surface area contributed by atoms with Gasteiger partial charge in [-0.05, 0) is 11.6 Å². The highest BCUT2D eigenvalue weighted by Crippen LogP contribution is 2.20. The second-order valence-corrected chi connectivity index (χ2v) is 3.65. The molecule has 0 saturated carbocycles. The average Bonchev–Trinajstić information content (AvgIpc) is 2.66. The van der Waals surface area contributed by atoms with Gasteiger partial charge in [0.2, 0.25) is 0 Å². The lowest BCUT2D eigenvalue weighted by atomic mass is 10.2. The summed E-state index contributed by atoms with van der Waals surface area (Å²) >= 11 is 0. The van der Waals surface area contributed by atoms with Gasteiger partial charge in [-0.2, -0.15) is 0 Å². The van der Waals surface area contributed by atoms with Crippen molar-refractivity contribution in [2.45, 2.75) is 0 Å². The predicted octanol–water partition coefficient (Wildman–Crippen LogP) is 0.865. The van der Waals surface area contributed by atoms with E-state index in [1.807, 2.05) is 30.3 Å². The highest BCUT2D eigenvalue weighted by atomic mass is 16.6. The van der Waals surface area contributed by atoms with Crippen molar-refractivity contribution in [1.82, 2.24) is 10.6 Å². The van der Waals surface area contributed by atoms with Crippen molar-refractivity contribution < 1.29 is 9.72 Å². The molecule has 6 heteroatoms. The summed E-state index contributed by atoms with van der Waals surface area (Å²) in [6, 6.07) is 9.25. The van der Waals surface area contributed by atoms with Crippen LogP contribution in [0.4, 0.5) is 0 Å². The molecular formula is C12H11N3O3. The second-order valence-electron chi connectivity index (χ2n) is 3.65. The van der Waals surface area contributed by atoms with Crippen LogP contribution in [0.25, 0.3) is 6.08 Å². The number of benzene rings is 1. The first kappa shape index (κ1) is 11.8. The Kier molecular flexibility index (Phi) is 3.09. The van der Waals surface area contributed by atoms with Crippen LogP contribution in [0.3, 0.4) is 0 Å². The maximum Gasteiger partial charge on any atom is 0.358 e. The van der Waals surface area contributed by atoms with Crippen LogP contribution in [0.15, 0.2) is 47.4 Å². The molecule has 0 spiro atoms. The lowest BCUT2D eigenvalue weighted by Gasteiger charge is -2.02. The molecule has 0 atom stereocenters. The van der Waals surface area contributed by atoms with Gasteiger partial charge in [0.1, 0.15) is 5.70 Å². The molecular weight excluding hydrogens is 234 g/mol. The van der Waals surface area contributed by atoms with E-state index in [0.717, 1.165) is 5.56 Å². The quantitative estimate of drug-likeness (QED) is 0.611. The fraction of sp³-hybridized carbons (Fsp3) is 0.0833. The van der Waals surface area contributed by atoms with E-state index in [4.69, 9.17) is 0 Å². The van der Waals surface area contributed by atoms with E-state index < -0.39 is 16.5 Å². The molecule has 0 unspecified atom stereocenters. The molecule has 1 heterocycles. The van der Waals surface area contributed by atoms with Crippen LogP contribution < -0.4 is 10.6 Å². The molecule has 0 aliphatic carbocycles. The number of nitrogens with one attached hydrogen (secondary N) is 2. The molecule has 1 amide bonds. The minimum Gasteiger partial charge on any atom is -0.381 e. The highest BCUT2D eigenvalue weighted by Gasteiger charge is 2.36. The molecule has 6 nitrogen and oxygen atoms in total. The van der Waals surface area contributed by atoms with Crippen molar-refractivity contribution in [2.24, 2.45) is 0 Å². The van der Waals surface area contributed by atoms with E-state index in [1.54, 1.807) is 6.08 Å². The molecule has 1 aliphatic rings. The Morgan fingerprint density at radius 3 is 2.56 bits per heavy atom.